The van der Waals surface area contributed by atoms with E-state index in [1.165, 1.54) is 6.92 Å². The van der Waals surface area contributed by atoms with Gasteiger partial charge in [-0.2, -0.15) is 0 Å². The van der Waals surface area contributed by atoms with Crippen molar-refractivity contribution in [3.05, 3.63) is 23.8 Å². The predicted molar refractivity (Wildman–Crippen MR) is 83.8 cm³/mol. The van der Waals surface area contributed by atoms with Gasteiger partial charge in [0, 0.05) is 26.6 Å². The van der Waals surface area contributed by atoms with Crippen LogP contribution < -0.4 is 20.1 Å². The van der Waals surface area contributed by atoms with Crippen molar-refractivity contribution < 1.29 is 14.3 Å². The minimum atomic E-state index is -0.00925. The number of ether oxygens (including phenoxy) is 2. The zero-order valence-corrected chi connectivity index (χ0v) is 13.4. The van der Waals surface area contributed by atoms with Crippen LogP contribution in [0.4, 0.5) is 0 Å². The van der Waals surface area contributed by atoms with Gasteiger partial charge in [0.2, 0.25) is 5.91 Å². The third kappa shape index (κ3) is 6.49. The van der Waals surface area contributed by atoms with Crippen LogP contribution in [0.5, 0.6) is 11.5 Å². The third-order valence-corrected chi connectivity index (χ3v) is 3.14. The Morgan fingerprint density at radius 1 is 1.29 bits per heavy atom. The van der Waals surface area contributed by atoms with Crippen molar-refractivity contribution in [2.45, 2.75) is 39.8 Å². The summed E-state index contributed by atoms with van der Waals surface area (Å²) in [6.45, 7) is 7.72. The molecule has 0 aliphatic carbocycles. The lowest BCUT2D eigenvalue weighted by atomic mass is 10.2. The van der Waals surface area contributed by atoms with Crippen molar-refractivity contribution in [1.29, 1.82) is 0 Å². The molecule has 5 heteroatoms. The van der Waals surface area contributed by atoms with Gasteiger partial charge in [-0.3, -0.25) is 4.79 Å². The number of carbonyl (C=O) groups excluding carboxylic acids is 1. The topological polar surface area (TPSA) is 59.6 Å². The van der Waals surface area contributed by atoms with Crippen LogP contribution in [0.15, 0.2) is 18.2 Å². The molecule has 0 aliphatic heterocycles. The van der Waals surface area contributed by atoms with Gasteiger partial charge in [0.25, 0.3) is 0 Å². The van der Waals surface area contributed by atoms with Crippen molar-refractivity contribution in [3.8, 4) is 11.5 Å². The lowest BCUT2D eigenvalue weighted by Gasteiger charge is -2.16. The Bertz CT molecular complexity index is 449. The predicted octanol–water partition coefficient (Wildman–Crippen LogP) is 2.10. The molecule has 1 rings (SSSR count). The number of nitrogens with one attached hydrogen (secondary N) is 2. The Balaban J connectivity index is 2.51. The second-order valence-electron chi connectivity index (χ2n) is 4.98. The van der Waals surface area contributed by atoms with E-state index in [4.69, 9.17) is 9.47 Å². The molecule has 0 radical (unpaired) electrons. The largest absolute Gasteiger partial charge is 0.493 e. The number of rotatable bonds is 9. The first kappa shape index (κ1) is 17.3. The van der Waals surface area contributed by atoms with E-state index in [0.29, 0.717) is 6.54 Å². The summed E-state index contributed by atoms with van der Waals surface area (Å²) < 4.78 is 11.2. The molecule has 1 amide bonds. The molecule has 21 heavy (non-hydrogen) atoms. The first-order chi connectivity index (χ1) is 10.1. The highest BCUT2D eigenvalue weighted by Gasteiger charge is 2.08. The van der Waals surface area contributed by atoms with Crippen LogP contribution in [0.1, 0.15) is 32.8 Å². The summed E-state index contributed by atoms with van der Waals surface area (Å²) in [4.78, 5) is 10.7. The quantitative estimate of drug-likeness (QED) is 0.685. The fourth-order valence-corrected chi connectivity index (χ4v) is 1.78. The molecule has 0 fully saturated rings. The van der Waals surface area contributed by atoms with Gasteiger partial charge in [-0.1, -0.05) is 13.0 Å². The minimum absolute atomic E-state index is 0.00925. The van der Waals surface area contributed by atoms with Gasteiger partial charge in [-0.25, -0.2) is 0 Å². The highest BCUT2D eigenvalue weighted by atomic mass is 16.5. The van der Waals surface area contributed by atoms with Crippen molar-refractivity contribution in [2.24, 2.45) is 0 Å². The van der Waals surface area contributed by atoms with Gasteiger partial charge in [0.15, 0.2) is 11.5 Å². The van der Waals surface area contributed by atoms with Gasteiger partial charge >= 0.3 is 0 Å². The Hall–Kier alpha value is -1.75. The van der Waals surface area contributed by atoms with Crippen LogP contribution in [0.3, 0.4) is 0 Å². The highest BCUT2D eigenvalue weighted by Crippen LogP contribution is 2.29. The zero-order valence-electron chi connectivity index (χ0n) is 13.4. The summed E-state index contributed by atoms with van der Waals surface area (Å²) in [6, 6.07) is 5.94. The SMILES string of the molecule is CC[C@H](C)Oc1ccc(CNCCNC(C)=O)cc1OC. The molecule has 0 unspecified atom stereocenters. The van der Waals surface area contributed by atoms with Crippen molar-refractivity contribution in [2.75, 3.05) is 20.2 Å². The van der Waals surface area contributed by atoms with Crippen molar-refractivity contribution >= 4 is 5.91 Å². The molecule has 5 nitrogen and oxygen atoms in total. The average Bonchev–Trinajstić information content (AvgIpc) is 2.47. The summed E-state index contributed by atoms with van der Waals surface area (Å²) in [6.07, 6.45) is 1.12. The molecule has 0 heterocycles. The second-order valence-corrected chi connectivity index (χ2v) is 4.98. The molecule has 1 aromatic carbocycles. The molecule has 1 atom stereocenters. The fourth-order valence-electron chi connectivity index (χ4n) is 1.78. The van der Waals surface area contributed by atoms with Crippen molar-refractivity contribution in [3.63, 3.8) is 0 Å². The smallest absolute Gasteiger partial charge is 0.216 e. The van der Waals surface area contributed by atoms with Crippen LogP contribution in [-0.4, -0.2) is 32.2 Å². The molecule has 0 saturated heterocycles. The monoisotopic (exact) mass is 294 g/mol. The maximum absolute atomic E-state index is 10.7. The van der Waals surface area contributed by atoms with Gasteiger partial charge < -0.3 is 20.1 Å². The van der Waals surface area contributed by atoms with Gasteiger partial charge in [-0.05, 0) is 31.0 Å². The highest BCUT2D eigenvalue weighted by molar-refractivity contribution is 5.72. The molecule has 0 aliphatic rings. The molecule has 0 aromatic heterocycles. The fraction of sp³-hybridized carbons (Fsp3) is 0.562. The maximum atomic E-state index is 10.7. The van der Waals surface area contributed by atoms with E-state index in [1.807, 2.05) is 25.1 Å². The standard InChI is InChI=1S/C16H26N2O3/c1-5-12(2)21-15-7-6-14(10-16(15)20-4)11-17-8-9-18-13(3)19/h6-7,10,12,17H,5,8-9,11H2,1-4H3,(H,18,19)/t12-/m0/s1. The van der Waals surface area contributed by atoms with E-state index < -0.39 is 0 Å². The lowest BCUT2D eigenvalue weighted by molar-refractivity contribution is -0.118. The van der Waals surface area contributed by atoms with E-state index in [9.17, 15) is 4.79 Å². The molecular weight excluding hydrogens is 268 g/mol. The van der Waals surface area contributed by atoms with Crippen LogP contribution in [-0.2, 0) is 11.3 Å². The van der Waals surface area contributed by atoms with E-state index in [0.717, 1.165) is 36.6 Å². The van der Waals surface area contributed by atoms with Crippen LogP contribution in [0.2, 0.25) is 0 Å². The number of carbonyl (C=O) groups is 1. The molecule has 1 aromatic rings. The molecule has 0 saturated carbocycles. The molecule has 0 spiro atoms. The Labute approximate surface area is 127 Å². The second kappa shape index (κ2) is 9.23. The van der Waals surface area contributed by atoms with Gasteiger partial charge in [0.1, 0.15) is 0 Å². The number of hydrogen-bond donors (Lipinski definition) is 2. The summed E-state index contributed by atoms with van der Waals surface area (Å²) in [5.41, 5.74) is 1.12. The third-order valence-electron chi connectivity index (χ3n) is 3.14. The molecule has 2 N–H and O–H groups in total. The minimum Gasteiger partial charge on any atom is -0.493 e. The average molecular weight is 294 g/mol. The van der Waals surface area contributed by atoms with Crippen LogP contribution >= 0.6 is 0 Å². The van der Waals surface area contributed by atoms with E-state index in [1.54, 1.807) is 7.11 Å². The number of amides is 1. The van der Waals surface area contributed by atoms with E-state index >= 15 is 0 Å². The first-order valence-corrected chi connectivity index (χ1v) is 7.35. The van der Waals surface area contributed by atoms with Crippen LogP contribution in [0, 0.1) is 0 Å². The molecular formula is C16H26N2O3. The Morgan fingerprint density at radius 3 is 2.67 bits per heavy atom. The Kier molecular flexibility index (Phi) is 7.61. The molecule has 0 bridgehead atoms. The zero-order chi connectivity index (χ0) is 15.7. The normalized spacial score (nSPS) is 11.8. The lowest BCUT2D eigenvalue weighted by Crippen LogP contribution is -2.29. The summed E-state index contributed by atoms with van der Waals surface area (Å²) in [5, 5.41) is 6.01. The maximum Gasteiger partial charge on any atom is 0.216 e. The van der Waals surface area contributed by atoms with Crippen LogP contribution in [0.25, 0.3) is 0 Å². The van der Waals surface area contributed by atoms with Gasteiger partial charge in [-0.15, -0.1) is 0 Å². The summed E-state index contributed by atoms with van der Waals surface area (Å²) in [7, 11) is 1.65. The van der Waals surface area contributed by atoms with Crippen molar-refractivity contribution in [1.82, 2.24) is 10.6 Å². The first-order valence-electron chi connectivity index (χ1n) is 7.35. The number of methoxy groups -OCH3 is 1. The summed E-state index contributed by atoms with van der Waals surface area (Å²) in [5.74, 6) is 1.51. The Morgan fingerprint density at radius 2 is 2.05 bits per heavy atom. The number of benzene rings is 1. The molecule has 118 valence electrons. The summed E-state index contributed by atoms with van der Waals surface area (Å²) >= 11 is 0. The van der Waals surface area contributed by atoms with Gasteiger partial charge in [0.05, 0.1) is 13.2 Å². The van der Waals surface area contributed by atoms with E-state index in [-0.39, 0.29) is 12.0 Å². The number of hydrogen-bond acceptors (Lipinski definition) is 4. The van der Waals surface area contributed by atoms with E-state index in [2.05, 4.69) is 17.6 Å².